The normalized spacial score (nSPS) is 15.1. The lowest BCUT2D eigenvalue weighted by Gasteiger charge is -2.24. The number of amides is 1. The van der Waals surface area contributed by atoms with Gasteiger partial charge in [-0.05, 0) is 32.1 Å². The van der Waals surface area contributed by atoms with Gasteiger partial charge in [-0.2, -0.15) is 0 Å². The number of unbranched alkanes of at least 4 members (excludes halogenated alkanes) is 21. The highest BCUT2D eigenvalue weighted by Gasteiger charge is 2.27. The van der Waals surface area contributed by atoms with Gasteiger partial charge in [0, 0.05) is 6.54 Å². The van der Waals surface area contributed by atoms with Crippen molar-refractivity contribution in [2.75, 3.05) is 19.8 Å². The van der Waals surface area contributed by atoms with Crippen LogP contribution in [0.25, 0.3) is 0 Å². The van der Waals surface area contributed by atoms with E-state index in [1.807, 2.05) is 6.08 Å². The molecule has 0 aromatic carbocycles. The third-order valence-electron chi connectivity index (χ3n) is 8.83. The molecular weight excluding hydrogens is 639 g/mol. The van der Waals surface area contributed by atoms with Gasteiger partial charge in [-0.25, -0.2) is 4.57 Å². The Morgan fingerprint density at radius 1 is 0.694 bits per heavy atom. The predicted molar refractivity (Wildman–Crippen MR) is 204 cm³/mol. The van der Waals surface area contributed by atoms with Crippen LogP contribution >= 0.6 is 7.82 Å². The van der Waals surface area contributed by atoms with E-state index >= 15 is 0 Å². The zero-order valence-corrected chi connectivity index (χ0v) is 32.4. The molecule has 0 aromatic rings. The van der Waals surface area contributed by atoms with E-state index in [9.17, 15) is 24.5 Å². The van der Waals surface area contributed by atoms with E-state index < -0.39 is 38.6 Å². The monoisotopic (exact) mass is 717 g/mol. The van der Waals surface area contributed by atoms with Crippen LogP contribution in [0.5, 0.6) is 0 Å². The van der Waals surface area contributed by atoms with Crippen LogP contribution in [0.15, 0.2) is 24.3 Å². The van der Waals surface area contributed by atoms with Crippen LogP contribution in [0.3, 0.4) is 0 Å². The van der Waals surface area contributed by atoms with Crippen molar-refractivity contribution in [3.8, 4) is 0 Å². The van der Waals surface area contributed by atoms with E-state index in [2.05, 4.69) is 31.3 Å². The highest BCUT2D eigenvalue weighted by atomic mass is 31.2. The number of carbonyl (C=O) groups excluding carboxylic acids is 1. The quantitative estimate of drug-likeness (QED) is 0.0242. The Morgan fingerprint density at radius 3 is 1.69 bits per heavy atom. The first-order chi connectivity index (χ1) is 23.8. The van der Waals surface area contributed by atoms with Crippen LogP contribution in [0, 0.1) is 0 Å². The molecule has 9 nitrogen and oxygen atoms in total. The van der Waals surface area contributed by atoms with E-state index in [4.69, 9.17) is 14.8 Å². The number of allylic oxidation sites excluding steroid dienone is 3. The van der Waals surface area contributed by atoms with Gasteiger partial charge in [-0.1, -0.05) is 167 Å². The first kappa shape index (κ1) is 47.9. The molecule has 0 saturated carbocycles. The molecule has 0 fully saturated rings. The average molecular weight is 717 g/mol. The van der Waals surface area contributed by atoms with E-state index in [1.165, 1.54) is 116 Å². The first-order valence-corrected chi connectivity index (χ1v) is 21.5. The Bertz CT molecular complexity index is 842. The molecule has 0 aliphatic rings. The van der Waals surface area contributed by atoms with E-state index in [0.717, 1.165) is 32.1 Å². The molecule has 0 aromatic heterocycles. The Hall–Kier alpha value is -1.06. The molecule has 49 heavy (non-hydrogen) atoms. The zero-order chi connectivity index (χ0) is 36.3. The van der Waals surface area contributed by atoms with E-state index in [0.29, 0.717) is 12.8 Å². The molecule has 0 rings (SSSR count). The molecule has 0 aliphatic carbocycles. The summed E-state index contributed by atoms with van der Waals surface area (Å²) >= 11 is 0. The van der Waals surface area contributed by atoms with Gasteiger partial charge in [0.2, 0.25) is 5.91 Å². The number of phosphoric acid groups is 1. The summed E-state index contributed by atoms with van der Waals surface area (Å²) in [7, 11) is -4.40. The van der Waals surface area contributed by atoms with Crippen molar-refractivity contribution in [3.05, 3.63) is 24.3 Å². The molecule has 0 bridgehead atoms. The maximum absolute atomic E-state index is 12.7. The van der Waals surface area contributed by atoms with Crippen molar-refractivity contribution >= 4 is 13.7 Å². The molecule has 1 amide bonds. The van der Waals surface area contributed by atoms with E-state index in [1.54, 1.807) is 6.08 Å². The Kier molecular flexibility index (Phi) is 34.6. The molecule has 4 atom stereocenters. The van der Waals surface area contributed by atoms with Crippen LogP contribution in [-0.4, -0.2) is 59.0 Å². The fourth-order valence-electron chi connectivity index (χ4n) is 5.78. The van der Waals surface area contributed by atoms with Crippen LogP contribution in [-0.2, 0) is 18.4 Å². The van der Waals surface area contributed by atoms with Crippen LogP contribution in [0.1, 0.15) is 181 Å². The Labute approximate surface area is 300 Å². The fourth-order valence-corrected chi connectivity index (χ4v) is 6.54. The number of nitrogens with one attached hydrogen (secondary N) is 1. The van der Waals surface area contributed by atoms with E-state index in [-0.39, 0.29) is 19.6 Å². The first-order valence-electron chi connectivity index (χ1n) is 20.0. The number of carbonyl (C=O) groups is 1. The minimum atomic E-state index is -4.40. The number of rotatable bonds is 37. The number of nitrogens with two attached hydrogens (primary N) is 1. The number of aliphatic hydroxyl groups is 2. The summed E-state index contributed by atoms with van der Waals surface area (Å²) in [5.74, 6) is -0.460. The molecule has 0 radical (unpaired) electrons. The molecule has 0 aliphatic heterocycles. The van der Waals surface area contributed by atoms with Gasteiger partial charge in [-0.3, -0.25) is 13.8 Å². The van der Waals surface area contributed by atoms with Crippen molar-refractivity contribution in [2.45, 2.75) is 199 Å². The van der Waals surface area contributed by atoms with Crippen molar-refractivity contribution in [1.29, 1.82) is 0 Å². The summed E-state index contributed by atoms with van der Waals surface area (Å²) in [5.41, 5.74) is 5.34. The molecule has 0 spiro atoms. The maximum atomic E-state index is 12.7. The summed E-state index contributed by atoms with van der Waals surface area (Å²) < 4.78 is 21.9. The van der Waals surface area contributed by atoms with Gasteiger partial charge in [0.1, 0.15) is 0 Å². The van der Waals surface area contributed by atoms with Gasteiger partial charge in [-0.15, -0.1) is 0 Å². The Balaban J connectivity index is 4.34. The molecule has 0 saturated heterocycles. The second-order valence-corrected chi connectivity index (χ2v) is 15.1. The minimum Gasteiger partial charge on any atom is -0.393 e. The predicted octanol–water partition coefficient (Wildman–Crippen LogP) is 9.58. The van der Waals surface area contributed by atoms with Gasteiger partial charge in [0.05, 0.1) is 37.9 Å². The van der Waals surface area contributed by atoms with Gasteiger partial charge < -0.3 is 26.2 Å². The molecule has 6 N–H and O–H groups in total. The summed E-state index contributed by atoms with van der Waals surface area (Å²) in [6, 6.07) is -0.993. The van der Waals surface area contributed by atoms with Crippen LogP contribution in [0.2, 0.25) is 0 Å². The third-order valence-corrected chi connectivity index (χ3v) is 9.82. The zero-order valence-electron chi connectivity index (χ0n) is 31.5. The summed E-state index contributed by atoms with van der Waals surface area (Å²) in [4.78, 5) is 22.6. The third kappa shape index (κ3) is 33.8. The molecule has 290 valence electrons. The second-order valence-electron chi connectivity index (χ2n) is 13.7. The molecule has 10 heteroatoms. The number of aliphatic hydroxyl groups excluding tert-OH is 2. The van der Waals surface area contributed by atoms with Gasteiger partial charge in [0.25, 0.3) is 0 Å². The fraction of sp³-hybridized carbons (Fsp3) is 0.872. The largest absolute Gasteiger partial charge is 0.472 e. The van der Waals surface area contributed by atoms with Gasteiger partial charge >= 0.3 is 7.82 Å². The number of hydrogen-bond donors (Lipinski definition) is 5. The number of hydrogen-bond acceptors (Lipinski definition) is 7. The standard InChI is InChI=1S/C39H77N2O7P/c1-3-5-7-9-11-12-13-14-15-16-17-18-19-20-21-22-23-25-27-29-31-38(43)37(35-48-49(45,46)47-33-32-40)41-39(44)34-36(42)30-28-26-24-10-8-6-4-2/h22-23,29,31,36-38,42-43H,3-21,24-28,30,32-35,40H2,1-2H3,(H,41,44)(H,45,46)/b23-22+,31-29+. The molecular formula is C39H77N2O7P. The van der Waals surface area contributed by atoms with Crippen molar-refractivity contribution in [2.24, 2.45) is 5.73 Å². The SMILES string of the molecule is CCCCCCCCCCCCCCCC/C=C/CC/C=C/C(O)C(COP(=O)(O)OCCN)NC(=O)CC(O)CCCCCCCCC. The lowest BCUT2D eigenvalue weighted by Crippen LogP contribution is -2.46. The summed E-state index contributed by atoms with van der Waals surface area (Å²) in [6.45, 7) is 3.90. The molecule has 4 unspecified atom stereocenters. The average Bonchev–Trinajstić information content (AvgIpc) is 3.07. The van der Waals surface area contributed by atoms with Crippen LogP contribution in [0.4, 0.5) is 0 Å². The summed E-state index contributed by atoms with van der Waals surface area (Å²) in [6.07, 6.45) is 35.8. The number of phosphoric ester groups is 1. The van der Waals surface area contributed by atoms with Crippen molar-refractivity contribution < 1.29 is 33.5 Å². The topological polar surface area (TPSA) is 151 Å². The molecule has 0 heterocycles. The minimum absolute atomic E-state index is 0.0456. The van der Waals surface area contributed by atoms with Crippen molar-refractivity contribution in [3.63, 3.8) is 0 Å². The smallest absolute Gasteiger partial charge is 0.393 e. The lowest BCUT2D eigenvalue weighted by atomic mass is 10.0. The lowest BCUT2D eigenvalue weighted by molar-refractivity contribution is -0.124. The Morgan fingerprint density at radius 2 is 1.16 bits per heavy atom. The highest BCUT2D eigenvalue weighted by Crippen LogP contribution is 2.43. The van der Waals surface area contributed by atoms with Crippen LogP contribution < -0.4 is 11.1 Å². The summed E-state index contributed by atoms with van der Waals surface area (Å²) in [5, 5.41) is 23.8. The highest BCUT2D eigenvalue weighted by molar-refractivity contribution is 7.47. The maximum Gasteiger partial charge on any atom is 0.472 e. The second kappa shape index (κ2) is 35.3. The van der Waals surface area contributed by atoms with Crippen molar-refractivity contribution in [1.82, 2.24) is 5.32 Å². The van der Waals surface area contributed by atoms with Gasteiger partial charge in [0.15, 0.2) is 0 Å².